The summed E-state index contributed by atoms with van der Waals surface area (Å²) in [5.74, 6) is 1.19. The van der Waals surface area contributed by atoms with Gasteiger partial charge in [0.1, 0.15) is 17.3 Å². The number of hydrogen-bond acceptors (Lipinski definition) is 4. The molecular formula is C12H17Cl2N3O. The average molecular weight is 290 g/mol. The predicted octanol–water partition coefficient (Wildman–Crippen LogP) is 2.87. The smallest absolute Gasteiger partial charge is 0.138 e. The first-order valence-electron chi connectivity index (χ1n) is 6.18. The molecule has 4 nitrogen and oxygen atoms in total. The lowest BCUT2D eigenvalue weighted by Gasteiger charge is -2.33. The van der Waals surface area contributed by atoms with E-state index >= 15 is 0 Å². The van der Waals surface area contributed by atoms with E-state index in [1.807, 2.05) is 6.92 Å². The van der Waals surface area contributed by atoms with Gasteiger partial charge in [0.2, 0.25) is 0 Å². The second-order valence-corrected chi connectivity index (χ2v) is 4.87. The Morgan fingerprint density at radius 3 is 2.72 bits per heavy atom. The van der Waals surface area contributed by atoms with Gasteiger partial charge in [-0.25, -0.2) is 9.97 Å². The van der Waals surface area contributed by atoms with Gasteiger partial charge in [0.25, 0.3) is 0 Å². The van der Waals surface area contributed by atoms with Crippen LogP contribution in [-0.2, 0) is 10.6 Å². The van der Waals surface area contributed by atoms with Gasteiger partial charge >= 0.3 is 0 Å². The maximum Gasteiger partial charge on any atom is 0.138 e. The van der Waals surface area contributed by atoms with Crippen LogP contribution >= 0.6 is 23.2 Å². The Labute approximate surface area is 117 Å². The molecule has 0 amide bonds. The van der Waals surface area contributed by atoms with Gasteiger partial charge in [-0.1, -0.05) is 11.6 Å². The molecule has 2 rings (SSSR count). The molecule has 100 valence electrons. The summed E-state index contributed by atoms with van der Waals surface area (Å²) in [6.45, 7) is 4.64. The molecule has 0 N–H and O–H groups in total. The molecule has 1 aromatic heterocycles. The monoisotopic (exact) mass is 289 g/mol. The Hall–Kier alpha value is -0.580. The molecule has 1 aromatic rings. The summed E-state index contributed by atoms with van der Waals surface area (Å²) in [6.07, 6.45) is 3.87. The van der Waals surface area contributed by atoms with E-state index in [9.17, 15) is 0 Å². The van der Waals surface area contributed by atoms with Crippen LogP contribution in [0.25, 0.3) is 0 Å². The molecule has 0 bridgehead atoms. The molecule has 0 aliphatic carbocycles. The van der Waals surface area contributed by atoms with Gasteiger partial charge in [-0.2, -0.15) is 0 Å². The van der Waals surface area contributed by atoms with Crippen LogP contribution in [-0.4, -0.2) is 35.8 Å². The van der Waals surface area contributed by atoms with E-state index in [4.69, 9.17) is 27.9 Å². The van der Waals surface area contributed by atoms with Gasteiger partial charge in [0.05, 0.1) is 12.0 Å². The van der Waals surface area contributed by atoms with E-state index in [-0.39, 0.29) is 0 Å². The first-order chi connectivity index (χ1) is 8.76. The minimum absolute atomic E-state index is 0.334. The normalized spacial score (nSPS) is 17.2. The Morgan fingerprint density at radius 1 is 1.39 bits per heavy atom. The summed E-state index contributed by atoms with van der Waals surface area (Å²) in [5.41, 5.74) is 0.815. The highest BCUT2D eigenvalue weighted by Gasteiger charge is 2.23. The number of piperidine rings is 1. The fourth-order valence-corrected chi connectivity index (χ4v) is 2.75. The van der Waals surface area contributed by atoms with Gasteiger partial charge in [0.15, 0.2) is 0 Å². The van der Waals surface area contributed by atoms with E-state index in [2.05, 4.69) is 14.9 Å². The maximum atomic E-state index is 6.04. The lowest BCUT2D eigenvalue weighted by Crippen LogP contribution is -2.38. The largest absolute Gasteiger partial charge is 0.378 e. The SMILES string of the molecule is CCOC1CCN(c2ncnc(Cl)c2CCl)CC1. The van der Waals surface area contributed by atoms with Crippen LogP contribution in [0.3, 0.4) is 0 Å². The Morgan fingerprint density at radius 2 is 2.11 bits per heavy atom. The van der Waals surface area contributed by atoms with Crippen molar-refractivity contribution in [2.75, 3.05) is 24.6 Å². The molecule has 0 atom stereocenters. The van der Waals surface area contributed by atoms with Gasteiger partial charge in [-0.05, 0) is 19.8 Å². The van der Waals surface area contributed by atoms with Crippen LogP contribution in [0.5, 0.6) is 0 Å². The van der Waals surface area contributed by atoms with Gasteiger partial charge in [-0.3, -0.25) is 0 Å². The third-order valence-corrected chi connectivity index (χ3v) is 3.74. The summed E-state index contributed by atoms with van der Waals surface area (Å²) in [7, 11) is 0. The number of ether oxygens (including phenoxy) is 1. The van der Waals surface area contributed by atoms with E-state index < -0.39 is 0 Å². The summed E-state index contributed by atoms with van der Waals surface area (Å²) in [5, 5.41) is 0.446. The van der Waals surface area contributed by atoms with Crippen molar-refractivity contribution in [1.82, 2.24) is 9.97 Å². The maximum absolute atomic E-state index is 6.04. The summed E-state index contributed by atoms with van der Waals surface area (Å²) in [6, 6.07) is 0. The van der Waals surface area contributed by atoms with Crippen LogP contribution < -0.4 is 4.90 Å². The number of rotatable bonds is 4. The Balaban J connectivity index is 2.07. The zero-order valence-corrected chi connectivity index (χ0v) is 11.9. The predicted molar refractivity (Wildman–Crippen MR) is 73.5 cm³/mol. The molecular weight excluding hydrogens is 273 g/mol. The number of halogens is 2. The third kappa shape index (κ3) is 3.05. The van der Waals surface area contributed by atoms with E-state index in [1.165, 1.54) is 6.33 Å². The van der Waals surface area contributed by atoms with Crippen molar-refractivity contribution >= 4 is 29.0 Å². The van der Waals surface area contributed by atoms with E-state index in [0.717, 1.165) is 43.9 Å². The molecule has 1 fully saturated rings. The van der Waals surface area contributed by atoms with Crippen molar-refractivity contribution in [3.05, 3.63) is 17.0 Å². The number of anilines is 1. The third-order valence-electron chi connectivity index (χ3n) is 3.15. The second-order valence-electron chi connectivity index (χ2n) is 4.24. The highest BCUT2D eigenvalue weighted by Crippen LogP contribution is 2.27. The van der Waals surface area contributed by atoms with Crippen LogP contribution in [0.15, 0.2) is 6.33 Å². The molecule has 1 saturated heterocycles. The molecule has 0 unspecified atom stereocenters. The summed E-state index contributed by atoms with van der Waals surface area (Å²) in [4.78, 5) is 10.5. The lowest BCUT2D eigenvalue weighted by molar-refractivity contribution is 0.0458. The summed E-state index contributed by atoms with van der Waals surface area (Å²) < 4.78 is 5.64. The van der Waals surface area contributed by atoms with Crippen molar-refractivity contribution < 1.29 is 4.74 Å². The Kier molecular flexibility index (Phi) is 5.03. The van der Waals surface area contributed by atoms with Crippen LogP contribution in [0.2, 0.25) is 5.15 Å². The van der Waals surface area contributed by atoms with Gasteiger partial charge in [-0.15, -0.1) is 11.6 Å². The van der Waals surface area contributed by atoms with E-state index in [0.29, 0.717) is 17.1 Å². The molecule has 0 spiro atoms. The van der Waals surface area contributed by atoms with E-state index in [1.54, 1.807) is 0 Å². The lowest BCUT2D eigenvalue weighted by atomic mass is 10.1. The number of aromatic nitrogens is 2. The molecule has 0 saturated carbocycles. The molecule has 1 aliphatic rings. The fraction of sp³-hybridized carbons (Fsp3) is 0.667. The van der Waals surface area contributed by atoms with Crippen LogP contribution in [0.4, 0.5) is 5.82 Å². The Bertz CT molecular complexity index is 395. The highest BCUT2D eigenvalue weighted by atomic mass is 35.5. The minimum atomic E-state index is 0.334. The fourth-order valence-electron chi connectivity index (χ4n) is 2.24. The molecule has 2 heterocycles. The highest BCUT2D eigenvalue weighted by molar-refractivity contribution is 6.31. The van der Waals surface area contributed by atoms with Crippen molar-refractivity contribution in [1.29, 1.82) is 0 Å². The molecule has 6 heteroatoms. The number of hydrogen-bond donors (Lipinski definition) is 0. The zero-order chi connectivity index (χ0) is 13.0. The molecule has 0 aromatic carbocycles. The van der Waals surface area contributed by atoms with Crippen molar-refractivity contribution in [2.24, 2.45) is 0 Å². The van der Waals surface area contributed by atoms with Crippen LogP contribution in [0.1, 0.15) is 25.3 Å². The van der Waals surface area contributed by atoms with Crippen molar-refractivity contribution in [3.8, 4) is 0 Å². The number of nitrogens with zero attached hydrogens (tertiary/aromatic N) is 3. The topological polar surface area (TPSA) is 38.2 Å². The molecule has 18 heavy (non-hydrogen) atoms. The number of alkyl halides is 1. The van der Waals surface area contributed by atoms with Gasteiger partial charge in [0, 0.05) is 25.3 Å². The second kappa shape index (κ2) is 6.55. The zero-order valence-electron chi connectivity index (χ0n) is 10.4. The van der Waals surface area contributed by atoms with Crippen LogP contribution in [0, 0.1) is 0 Å². The first kappa shape index (κ1) is 13.8. The summed E-state index contributed by atoms with van der Waals surface area (Å²) >= 11 is 12.0. The van der Waals surface area contributed by atoms with Crippen molar-refractivity contribution in [2.45, 2.75) is 31.7 Å². The first-order valence-corrected chi connectivity index (χ1v) is 7.09. The van der Waals surface area contributed by atoms with Gasteiger partial charge < -0.3 is 9.64 Å². The molecule has 0 radical (unpaired) electrons. The average Bonchev–Trinajstić information content (AvgIpc) is 2.40. The standard InChI is InChI=1S/C12H17Cl2N3O/c1-2-18-9-3-5-17(6-4-9)12-10(7-13)11(14)15-8-16-12/h8-9H,2-7H2,1H3. The molecule has 1 aliphatic heterocycles. The quantitative estimate of drug-likeness (QED) is 0.631. The minimum Gasteiger partial charge on any atom is -0.378 e. The van der Waals surface area contributed by atoms with Crippen molar-refractivity contribution in [3.63, 3.8) is 0 Å².